The predicted molar refractivity (Wildman–Crippen MR) is 71.3 cm³/mol. The fourth-order valence-corrected chi connectivity index (χ4v) is 2.39. The molecule has 1 aliphatic heterocycles. The van der Waals surface area contributed by atoms with Crippen molar-refractivity contribution < 1.29 is 9.90 Å². The molecule has 0 spiro atoms. The SMILES string of the molecule is CC(=O)Nc1ccc(C(O)C2CCCNC2)cc1. The zero-order valence-corrected chi connectivity index (χ0v) is 10.6. The highest BCUT2D eigenvalue weighted by molar-refractivity contribution is 5.88. The van der Waals surface area contributed by atoms with Crippen molar-refractivity contribution in [2.24, 2.45) is 5.92 Å². The van der Waals surface area contributed by atoms with Gasteiger partial charge in [0, 0.05) is 25.1 Å². The molecule has 1 aromatic carbocycles. The van der Waals surface area contributed by atoms with E-state index >= 15 is 0 Å². The molecule has 1 fully saturated rings. The standard InChI is InChI=1S/C14H20N2O2/c1-10(17)16-13-6-4-11(5-7-13)14(18)12-3-2-8-15-9-12/h4-7,12,14-15,18H,2-3,8-9H2,1H3,(H,16,17). The van der Waals surface area contributed by atoms with Gasteiger partial charge in [0.2, 0.25) is 5.91 Å². The third-order valence-corrected chi connectivity index (χ3v) is 3.35. The monoisotopic (exact) mass is 248 g/mol. The first-order chi connectivity index (χ1) is 8.66. The topological polar surface area (TPSA) is 61.4 Å². The van der Waals surface area contributed by atoms with Crippen LogP contribution in [0.15, 0.2) is 24.3 Å². The second-order valence-electron chi connectivity index (χ2n) is 4.85. The van der Waals surface area contributed by atoms with Crippen molar-refractivity contribution in [2.75, 3.05) is 18.4 Å². The number of aliphatic hydroxyl groups excluding tert-OH is 1. The second kappa shape index (κ2) is 5.98. The Bertz CT molecular complexity index is 397. The van der Waals surface area contributed by atoms with Crippen LogP contribution in [0, 0.1) is 5.92 Å². The highest BCUT2D eigenvalue weighted by Crippen LogP contribution is 2.27. The average molecular weight is 248 g/mol. The number of carbonyl (C=O) groups is 1. The van der Waals surface area contributed by atoms with Gasteiger partial charge in [-0.25, -0.2) is 0 Å². The largest absolute Gasteiger partial charge is 0.388 e. The van der Waals surface area contributed by atoms with Crippen molar-refractivity contribution in [3.63, 3.8) is 0 Å². The zero-order valence-electron chi connectivity index (χ0n) is 10.6. The van der Waals surface area contributed by atoms with E-state index in [2.05, 4.69) is 10.6 Å². The molecule has 1 saturated heterocycles. The minimum absolute atomic E-state index is 0.0835. The molecule has 1 aromatic rings. The Morgan fingerprint density at radius 3 is 2.72 bits per heavy atom. The number of hydrogen-bond donors (Lipinski definition) is 3. The van der Waals surface area contributed by atoms with E-state index in [0.717, 1.165) is 37.2 Å². The molecule has 2 rings (SSSR count). The average Bonchev–Trinajstić information content (AvgIpc) is 2.39. The van der Waals surface area contributed by atoms with E-state index in [1.165, 1.54) is 6.92 Å². The molecule has 0 bridgehead atoms. The van der Waals surface area contributed by atoms with E-state index in [-0.39, 0.29) is 11.8 Å². The Labute approximate surface area is 107 Å². The first kappa shape index (κ1) is 13.1. The van der Waals surface area contributed by atoms with Gasteiger partial charge >= 0.3 is 0 Å². The van der Waals surface area contributed by atoms with Crippen LogP contribution in [0.1, 0.15) is 31.4 Å². The highest BCUT2D eigenvalue weighted by Gasteiger charge is 2.22. The van der Waals surface area contributed by atoms with Crippen LogP contribution in [0.3, 0.4) is 0 Å². The summed E-state index contributed by atoms with van der Waals surface area (Å²) in [5.41, 5.74) is 1.68. The second-order valence-corrected chi connectivity index (χ2v) is 4.85. The van der Waals surface area contributed by atoms with E-state index < -0.39 is 6.10 Å². The van der Waals surface area contributed by atoms with Crippen LogP contribution >= 0.6 is 0 Å². The minimum Gasteiger partial charge on any atom is -0.388 e. The molecule has 4 nitrogen and oxygen atoms in total. The van der Waals surface area contributed by atoms with Gasteiger partial charge in [0.15, 0.2) is 0 Å². The van der Waals surface area contributed by atoms with Gasteiger partial charge in [0.1, 0.15) is 0 Å². The third-order valence-electron chi connectivity index (χ3n) is 3.35. The summed E-state index contributed by atoms with van der Waals surface area (Å²) < 4.78 is 0. The van der Waals surface area contributed by atoms with Gasteiger partial charge in [-0.1, -0.05) is 12.1 Å². The van der Waals surface area contributed by atoms with Crippen molar-refractivity contribution in [3.8, 4) is 0 Å². The Hall–Kier alpha value is -1.39. The first-order valence-corrected chi connectivity index (χ1v) is 6.43. The maximum Gasteiger partial charge on any atom is 0.221 e. The summed E-state index contributed by atoms with van der Waals surface area (Å²) in [7, 11) is 0. The summed E-state index contributed by atoms with van der Waals surface area (Å²) in [4.78, 5) is 10.9. The molecule has 0 radical (unpaired) electrons. The molecular weight excluding hydrogens is 228 g/mol. The number of hydrogen-bond acceptors (Lipinski definition) is 3. The van der Waals surface area contributed by atoms with Crippen molar-refractivity contribution in [1.29, 1.82) is 0 Å². The summed E-state index contributed by atoms with van der Waals surface area (Å²) in [6, 6.07) is 7.42. The quantitative estimate of drug-likeness (QED) is 0.762. The van der Waals surface area contributed by atoms with Crippen molar-refractivity contribution in [2.45, 2.75) is 25.9 Å². The van der Waals surface area contributed by atoms with E-state index in [9.17, 15) is 9.90 Å². The molecular formula is C14H20N2O2. The molecule has 0 aromatic heterocycles. The van der Waals surface area contributed by atoms with Crippen LogP contribution in [0.5, 0.6) is 0 Å². The van der Waals surface area contributed by atoms with Crippen LogP contribution in [0.25, 0.3) is 0 Å². The lowest BCUT2D eigenvalue weighted by molar-refractivity contribution is -0.114. The summed E-state index contributed by atoms with van der Waals surface area (Å²) in [6.45, 7) is 3.40. The molecule has 18 heavy (non-hydrogen) atoms. The summed E-state index contributed by atoms with van der Waals surface area (Å²) in [5.74, 6) is 0.199. The van der Waals surface area contributed by atoms with E-state index in [1.807, 2.05) is 24.3 Å². The Balaban J connectivity index is 2.01. The zero-order chi connectivity index (χ0) is 13.0. The summed E-state index contributed by atoms with van der Waals surface area (Å²) >= 11 is 0. The van der Waals surface area contributed by atoms with E-state index in [0.29, 0.717) is 0 Å². The maximum atomic E-state index is 10.9. The van der Waals surface area contributed by atoms with Gasteiger partial charge in [-0.3, -0.25) is 4.79 Å². The third kappa shape index (κ3) is 3.31. The molecule has 3 N–H and O–H groups in total. The number of piperidine rings is 1. The predicted octanol–water partition coefficient (Wildman–Crippen LogP) is 1.68. The van der Waals surface area contributed by atoms with Crippen LogP contribution < -0.4 is 10.6 Å². The lowest BCUT2D eigenvalue weighted by Crippen LogP contribution is -2.33. The Morgan fingerprint density at radius 2 is 2.17 bits per heavy atom. The molecule has 98 valence electrons. The number of benzene rings is 1. The molecule has 2 atom stereocenters. The molecule has 1 amide bonds. The van der Waals surface area contributed by atoms with Crippen molar-refractivity contribution in [1.82, 2.24) is 5.32 Å². The molecule has 1 aliphatic rings. The number of rotatable bonds is 3. The fraction of sp³-hybridized carbons (Fsp3) is 0.500. The van der Waals surface area contributed by atoms with Gasteiger partial charge < -0.3 is 15.7 Å². The molecule has 2 unspecified atom stereocenters. The number of aliphatic hydroxyl groups is 1. The van der Waals surface area contributed by atoms with Crippen molar-refractivity contribution in [3.05, 3.63) is 29.8 Å². The molecule has 0 saturated carbocycles. The van der Waals surface area contributed by atoms with Crippen LogP contribution in [0.2, 0.25) is 0 Å². The van der Waals surface area contributed by atoms with E-state index in [4.69, 9.17) is 0 Å². The minimum atomic E-state index is -0.427. The van der Waals surface area contributed by atoms with Gasteiger partial charge in [0.25, 0.3) is 0 Å². The van der Waals surface area contributed by atoms with Gasteiger partial charge in [0.05, 0.1) is 6.10 Å². The Morgan fingerprint density at radius 1 is 1.44 bits per heavy atom. The molecule has 1 heterocycles. The number of anilines is 1. The lowest BCUT2D eigenvalue weighted by atomic mass is 9.89. The molecule has 4 heteroatoms. The van der Waals surface area contributed by atoms with E-state index in [1.54, 1.807) is 0 Å². The normalized spacial score (nSPS) is 21.3. The van der Waals surface area contributed by atoms with Gasteiger partial charge in [-0.05, 0) is 37.1 Å². The number of nitrogens with one attached hydrogen (secondary N) is 2. The van der Waals surface area contributed by atoms with Crippen LogP contribution in [0.4, 0.5) is 5.69 Å². The molecule has 0 aliphatic carbocycles. The Kier molecular flexibility index (Phi) is 4.33. The number of carbonyl (C=O) groups excluding carboxylic acids is 1. The fourth-order valence-electron chi connectivity index (χ4n) is 2.39. The summed E-state index contributed by atoms with van der Waals surface area (Å²) in [5, 5.41) is 16.3. The lowest BCUT2D eigenvalue weighted by Gasteiger charge is -2.27. The van der Waals surface area contributed by atoms with Gasteiger partial charge in [-0.15, -0.1) is 0 Å². The van der Waals surface area contributed by atoms with Crippen LogP contribution in [-0.4, -0.2) is 24.1 Å². The first-order valence-electron chi connectivity index (χ1n) is 6.43. The highest BCUT2D eigenvalue weighted by atomic mass is 16.3. The van der Waals surface area contributed by atoms with Crippen LogP contribution in [-0.2, 0) is 4.79 Å². The number of amides is 1. The maximum absolute atomic E-state index is 10.9. The smallest absolute Gasteiger partial charge is 0.221 e. The summed E-state index contributed by atoms with van der Waals surface area (Å²) in [6.07, 6.45) is 1.75. The van der Waals surface area contributed by atoms with Gasteiger partial charge in [-0.2, -0.15) is 0 Å². The van der Waals surface area contributed by atoms with Crippen molar-refractivity contribution >= 4 is 11.6 Å².